The maximum atomic E-state index is 13.1. The fourth-order valence-corrected chi connectivity index (χ4v) is 7.18. The van der Waals surface area contributed by atoms with Crippen LogP contribution in [0, 0.1) is 5.21 Å². The highest BCUT2D eigenvalue weighted by molar-refractivity contribution is 7.99. The number of nitrogens with one attached hydrogen (secondary N) is 1. The minimum absolute atomic E-state index is 0.0625. The molecular weight excluding hydrogens is 671 g/mol. The second-order valence-corrected chi connectivity index (χ2v) is 13.2. The standard InChI is InChI=1S/C37H36F3N3O6S/c38-37(39,40)36(46)42-18-5-8-31(42)34(45)41-21-28-6-1-2-7-30(28)25-14-16-27(17-15-25)35-48-29(23-50-33-9-3-4-19-43(33)47)20-32(49-35)26-12-10-24(22-44)11-13-26/h1-4,6-7,9-17,19,29,31-32,35,44H,5,8,18,20-23H2,(H,41,45)/t29-,31-,32+,35+/m0/s1. The monoisotopic (exact) mass is 707 g/mol. The van der Waals surface area contributed by atoms with Crippen molar-refractivity contribution in [3.05, 3.63) is 125 Å². The van der Waals surface area contributed by atoms with Crippen molar-refractivity contribution in [3.63, 3.8) is 0 Å². The van der Waals surface area contributed by atoms with Crippen molar-refractivity contribution in [1.82, 2.24) is 10.2 Å². The van der Waals surface area contributed by atoms with Crippen LogP contribution in [0.5, 0.6) is 0 Å². The largest absolute Gasteiger partial charge is 0.618 e. The predicted octanol–water partition coefficient (Wildman–Crippen LogP) is 5.99. The van der Waals surface area contributed by atoms with Gasteiger partial charge in [0.1, 0.15) is 6.04 Å². The van der Waals surface area contributed by atoms with E-state index in [9.17, 15) is 33.1 Å². The smallest absolute Gasteiger partial charge is 0.471 e. The van der Waals surface area contributed by atoms with E-state index in [1.54, 1.807) is 12.1 Å². The molecule has 2 aliphatic heterocycles. The van der Waals surface area contributed by atoms with Crippen molar-refractivity contribution in [1.29, 1.82) is 0 Å². The Hall–Kier alpha value is -4.43. The van der Waals surface area contributed by atoms with Gasteiger partial charge in [0.05, 0.1) is 18.8 Å². The summed E-state index contributed by atoms with van der Waals surface area (Å²) >= 11 is 1.41. The molecule has 1 aromatic heterocycles. The van der Waals surface area contributed by atoms with Gasteiger partial charge in [0.25, 0.3) is 5.03 Å². The van der Waals surface area contributed by atoms with Gasteiger partial charge in [-0.2, -0.15) is 17.9 Å². The molecule has 0 radical (unpaired) electrons. The molecule has 3 heterocycles. The topological polar surface area (TPSA) is 115 Å². The molecule has 262 valence electrons. The predicted molar refractivity (Wildman–Crippen MR) is 179 cm³/mol. The average molecular weight is 708 g/mol. The van der Waals surface area contributed by atoms with Gasteiger partial charge in [-0.15, -0.1) is 0 Å². The molecular formula is C37H36F3N3O6S. The van der Waals surface area contributed by atoms with E-state index in [1.807, 2.05) is 78.9 Å². The number of pyridine rings is 1. The lowest BCUT2D eigenvalue weighted by Crippen LogP contribution is -2.50. The summed E-state index contributed by atoms with van der Waals surface area (Å²) in [5.41, 5.74) is 4.94. The first kappa shape index (κ1) is 35.4. The van der Waals surface area contributed by atoms with Crippen LogP contribution in [-0.2, 0) is 32.2 Å². The molecule has 2 N–H and O–H groups in total. The van der Waals surface area contributed by atoms with Crippen LogP contribution in [-0.4, -0.2) is 52.4 Å². The van der Waals surface area contributed by atoms with Crippen LogP contribution in [0.2, 0.25) is 0 Å². The molecule has 0 bridgehead atoms. The number of benzene rings is 3. The van der Waals surface area contributed by atoms with Crippen molar-refractivity contribution >= 4 is 23.6 Å². The number of hydrogen-bond acceptors (Lipinski definition) is 7. The highest BCUT2D eigenvalue weighted by Gasteiger charge is 2.47. The zero-order chi connectivity index (χ0) is 35.3. The molecule has 6 rings (SSSR count). The number of amides is 2. The van der Waals surface area contributed by atoms with Gasteiger partial charge in [-0.25, -0.2) is 0 Å². The van der Waals surface area contributed by atoms with E-state index in [2.05, 4.69) is 5.32 Å². The number of ether oxygens (including phenoxy) is 2. The number of aromatic nitrogens is 1. The molecule has 4 atom stereocenters. The Morgan fingerprint density at radius 3 is 2.40 bits per heavy atom. The first-order chi connectivity index (χ1) is 24.1. The fraction of sp³-hybridized carbons (Fsp3) is 0.324. The fourth-order valence-electron chi connectivity index (χ4n) is 6.25. The van der Waals surface area contributed by atoms with Crippen molar-refractivity contribution in [2.24, 2.45) is 0 Å². The molecule has 3 aromatic carbocycles. The highest BCUT2D eigenvalue weighted by atomic mass is 32.2. The Balaban J connectivity index is 1.16. The number of aliphatic hydroxyl groups is 1. The number of carbonyl (C=O) groups excluding carboxylic acids is 2. The SMILES string of the molecule is O=C(NCc1ccccc1-c1ccc([C@@H]2O[C@H](CSc3cccc[n+]3[O-])C[C@H](c3ccc(CO)cc3)O2)cc1)[C@@H]1CCCN1C(=O)C(F)(F)F. The number of alkyl halides is 3. The Labute approximate surface area is 291 Å². The summed E-state index contributed by atoms with van der Waals surface area (Å²) in [6.07, 6.45) is -3.77. The van der Waals surface area contributed by atoms with Crippen molar-refractivity contribution < 1.29 is 42.1 Å². The number of halogens is 3. The Morgan fingerprint density at radius 2 is 1.68 bits per heavy atom. The normalized spacial score (nSPS) is 20.8. The number of aliphatic hydroxyl groups excluding tert-OH is 1. The number of hydrogen-bond donors (Lipinski definition) is 2. The van der Waals surface area contributed by atoms with Crippen LogP contribution in [0.1, 0.15) is 53.9 Å². The van der Waals surface area contributed by atoms with Crippen LogP contribution in [0.25, 0.3) is 11.1 Å². The average Bonchev–Trinajstić information content (AvgIpc) is 3.63. The molecule has 0 unspecified atom stereocenters. The van der Waals surface area contributed by atoms with E-state index in [1.165, 1.54) is 18.0 Å². The van der Waals surface area contributed by atoms with Crippen LogP contribution in [0.4, 0.5) is 13.2 Å². The minimum atomic E-state index is -5.04. The maximum Gasteiger partial charge on any atom is 0.471 e. The maximum absolute atomic E-state index is 13.1. The summed E-state index contributed by atoms with van der Waals surface area (Å²) < 4.78 is 52.9. The number of rotatable bonds is 10. The second kappa shape index (κ2) is 15.6. The molecule has 2 aliphatic rings. The van der Waals surface area contributed by atoms with E-state index in [0.29, 0.717) is 28.5 Å². The zero-order valence-electron chi connectivity index (χ0n) is 26.9. The summed E-state index contributed by atoms with van der Waals surface area (Å²) in [5.74, 6) is -2.09. The van der Waals surface area contributed by atoms with E-state index in [4.69, 9.17) is 9.47 Å². The van der Waals surface area contributed by atoms with E-state index >= 15 is 0 Å². The number of carbonyl (C=O) groups is 2. The molecule has 0 spiro atoms. The van der Waals surface area contributed by atoms with E-state index in [0.717, 1.165) is 38.1 Å². The van der Waals surface area contributed by atoms with Gasteiger partial charge in [-0.05, 0) is 46.7 Å². The number of thioether (sulfide) groups is 1. The summed E-state index contributed by atoms with van der Waals surface area (Å²) in [5, 5.41) is 25.0. The molecule has 4 aromatic rings. The third-order valence-electron chi connectivity index (χ3n) is 8.84. The lowest BCUT2D eigenvalue weighted by Gasteiger charge is -2.36. The van der Waals surface area contributed by atoms with Gasteiger partial charge in [0, 0.05) is 43.0 Å². The minimum Gasteiger partial charge on any atom is -0.618 e. The Bertz CT molecular complexity index is 1790. The van der Waals surface area contributed by atoms with Crippen LogP contribution in [0.15, 0.2) is 102 Å². The Kier molecular flexibility index (Phi) is 11.1. The molecule has 0 saturated carbocycles. The summed E-state index contributed by atoms with van der Waals surface area (Å²) in [6, 6.07) is 26.7. The summed E-state index contributed by atoms with van der Waals surface area (Å²) in [6.45, 7) is -0.110. The molecule has 9 nitrogen and oxygen atoms in total. The second-order valence-electron chi connectivity index (χ2n) is 12.2. The van der Waals surface area contributed by atoms with Crippen molar-refractivity contribution in [3.8, 4) is 11.1 Å². The first-order valence-electron chi connectivity index (χ1n) is 16.3. The molecule has 2 saturated heterocycles. The van der Waals surface area contributed by atoms with Gasteiger partial charge >= 0.3 is 12.1 Å². The van der Waals surface area contributed by atoms with Crippen molar-refractivity contribution in [2.75, 3.05) is 12.3 Å². The zero-order valence-corrected chi connectivity index (χ0v) is 27.7. The first-order valence-corrected chi connectivity index (χ1v) is 17.2. The van der Waals surface area contributed by atoms with Crippen LogP contribution < -0.4 is 10.0 Å². The third kappa shape index (κ3) is 8.29. The molecule has 50 heavy (non-hydrogen) atoms. The third-order valence-corrected chi connectivity index (χ3v) is 9.99. The highest BCUT2D eigenvalue weighted by Crippen LogP contribution is 2.40. The van der Waals surface area contributed by atoms with Gasteiger partial charge in [-0.3, -0.25) is 9.59 Å². The van der Waals surface area contributed by atoms with Gasteiger partial charge in [0.2, 0.25) is 5.91 Å². The van der Waals surface area contributed by atoms with Crippen molar-refractivity contribution in [2.45, 2.75) is 68.2 Å². The molecule has 2 amide bonds. The van der Waals surface area contributed by atoms with Gasteiger partial charge in [-0.1, -0.05) is 84.6 Å². The van der Waals surface area contributed by atoms with Gasteiger partial charge < -0.3 is 30.0 Å². The lowest BCUT2D eigenvalue weighted by atomic mass is 9.97. The van der Waals surface area contributed by atoms with Crippen LogP contribution in [0.3, 0.4) is 0 Å². The van der Waals surface area contributed by atoms with E-state index in [-0.39, 0.29) is 38.3 Å². The lowest BCUT2D eigenvalue weighted by molar-refractivity contribution is -0.645. The van der Waals surface area contributed by atoms with E-state index < -0.39 is 30.3 Å². The summed E-state index contributed by atoms with van der Waals surface area (Å²) in [4.78, 5) is 25.4. The molecule has 13 heteroatoms. The quantitative estimate of drug-likeness (QED) is 0.118. The number of nitrogens with zero attached hydrogens (tertiary/aromatic N) is 2. The van der Waals surface area contributed by atoms with Gasteiger partial charge in [0.15, 0.2) is 12.5 Å². The van der Waals surface area contributed by atoms with Crippen LogP contribution >= 0.6 is 11.8 Å². The Morgan fingerprint density at radius 1 is 0.960 bits per heavy atom. The molecule has 0 aliphatic carbocycles. The molecule has 2 fully saturated rings. The number of likely N-dealkylation sites (tertiary alicyclic amines) is 1. The summed E-state index contributed by atoms with van der Waals surface area (Å²) in [7, 11) is 0.